The third kappa shape index (κ3) is 6.34. The second-order valence-electron chi connectivity index (χ2n) is 13.3. The maximum absolute atomic E-state index is 7.23. The molecule has 259 valence electrons. The van der Waals surface area contributed by atoms with E-state index in [1.807, 2.05) is 54.7 Å². The van der Waals surface area contributed by atoms with E-state index in [1.165, 1.54) is 23.0 Å². The molecule has 9 rings (SSSR count). The van der Waals surface area contributed by atoms with Gasteiger partial charge in [-0.2, -0.15) is 0 Å². The molecule has 4 aromatic heterocycles. The van der Waals surface area contributed by atoms with Gasteiger partial charge in [0, 0.05) is 46.9 Å². The SMILES string of the molecule is CC(C)c1cccc(C(C)C)c1-n1c(-c2[c-]ccc3c2oc2ccccc23)nc2c3ccccc3ncc21.[2H]C([2H])([2H])c1ccc(-c2[c-]cccc2)nc1.[Ir]. The molecule has 0 N–H and O–H groups in total. The van der Waals surface area contributed by atoms with Crippen molar-refractivity contribution in [3.8, 4) is 28.3 Å². The van der Waals surface area contributed by atoms with Crippen LogP contribution in [-0.4, -0.2) is 19.5 Å². The molecule has 6 heteroatoms. The number of para-hydroxylation sites is 3. The van der Waals surface area contributed by atoms with Gasteiger partial charge in [0.1, 0.15) is 5.58 Å². The van der Waals surface area contributed by atoms with E-state index in [0.29, 0.717) is 11.8 Å². The number of aryl methyl sites for hydroxylation is 1. The zero-order chi connectivity index (χ0) is 37.6. The van der Waals surface area contributed by atoms with Gasteiger partial charge in [-0.1, -0.05) is 105 Å². The fourth-order valence-corrected chi connectivity index (χ4v) is 6.79. The first kappa shape index (κ1) is 31.3. The third-order valence-corrected chi connectivity index (χ3v) is 9.27. The summed E-state index contributed by atoms with van der Waals surface area (Å²) >= 11 is 0. The molecule has 9 aromatic rings. The van der Waals surface area contributed by atoms with Crippen molar-refractivity contribution in [3.63, 3.8) is 0 Å². The molecule has 5 nitrogen and oxygen atoms in total. The topological polar surface area (TPSA) is 56.7 Å². The number of nitrogens with zero attached hydrogens (tertiary/aromatic N) is 4. The van der Waals surface area contributed by atoms with Crippen LogP contribution in [0, 0.1) is 19.0 Å². The predicted molar refractivity (Wildman–Crippen MR) is 209 cm³/mol. The summed E-state index contributed by atoms with van der Waals surface area (Å²) in [5.74, 6) is 1.47. The molecule has 0 fully saturated rings. The first-order chi connectivity index (χ1) is 26.1. The summed E-state index contributed by atoms with van der Waals surface area (Å²) in [6, 6.07) is 44.4. The Kier molecular flexibility index (Phi) is 8.84. The molecule has 0 bridgehead atoms. The minimum Gasteiger partial charge on any atom is -0.501 e. The Balaban J connectivity index is 0.000000231. The van der Waals surface area contributed by atoms with Crippen LogP contribution < -0.4 is 0 Å². The van der Waals surface area contributed by atoms with Gasteiger partial charge in [0.15, 0.2) is 0 Å². The summed E-state index contributed by atoms with van der Waals surface area (Å²) in [5.41, 5.74) is 10.9. The molecule has 0 atom stereocenters. The zero-order valence-corrected chi connectivity index (χ0v) is 31.7. The van der Waals surface area contributed by atoms with E-state index in [9.17, 15) is 0 Å². The van der Waals surface area contributed by atoms with Crippen LogP contribution in [0.1, 0.15) is 60.3 Å². The van der Waals surface area contributed by atoms with E-state index in [4.69, 9.17) is 18.5 Å². The molecule has 1 radical (unpaired) electrons. The van der Waals surface area contributed by atoms with Crippen LogP contribution in [0.25, 0.3) is 72.2 Å². The molecule has 0 aliphatic carbocycles. The molecule has 0 saturated carbocycles. The molecule has 0 aliphatic heterocycles. The normalized spacial score (nSPS) is 12.5. The summed E-state index contributed by atoms with van der Waals surface area (Å²) in [6.07, 6.45) is 3.36. The van der Waals surface area contributed by atoms with Gasteiger partial charge in [0.05, 0.1) is 34.2 Å². The Hall–Kier alpha value is -5.42. The first-order valence-corrected chi connectivity index (χ1v) is 17.3. The number of rotatable bonds is 5. The van der Waals surface area contributed by atoms with Crippen molar-refractivity contribution >= 4 is 43.9 Å². The number of furan rings is 1. The van der Waals surface area contributed by atoms with E-state index in [0.717, 1.165) is 66.5 Å². The number of pyridine rings is 2. The summed E-state index contributed by atoms with van der Waals surface area (Å²) in [7, 11) is 0. The smallest absolute Gasteiger partial charge is 0.120 e. The van der Waals surface area contributed by atoms with Gasteiger partial charge in [-0.15, -0.1) is 54.1 Å². The average molecular weight is 858 g/mol. The number of fused-ring (bicyclic) bond motifs is 6. The van der Waals surface area contributed by atoms with Crippen LogP contribution in [0.5, 0.6) is 0 Å². The Bertz CT molecular complexity index is 2740. The van der Waals surface area contributed by atoms with Crippen molar-refractivity contribution in [1.82, 2.24) is 19.5 Å². The number of benzene rings is 5. The summed E-state index contributed by atoms with van der Waals surface area (Å²) in [4.78, 5) is 14.3. The molecule has 52 heavy (non-hydrogen) atoms. The number of imidazole rings is 1. The van der Waals surface area contributed by atoms with E-state index in [1.54, 1.807) is 18.2 Å². The summed E-state index contributed by atoms with van der Waals surface area (Å²) in [5, 5.41) is 3.20. The predicted octanol–water partition coefficient (Wildman–Crippen LogP) is 12.0. The van der Waals surface area contributed by atoms with E-state index < -0.39 is 6.85 Å². The molecule has 0 spiro atoms. The largest absolute Gasteiger partial charge is 0.501 e. The van der Waals surface area contributed by atoms with Gasteiger partial charge >= 0.3 is 0 Å². The maximum atomic E-state index is 7.23. The van der Waals surface area contributed by atoms with Crippen molar-refractivity contribution in [2.24, 2.45) is 0 Å². The Morgan fingerprint density at radius 2 is 1.44 bits per heavy atom. The van der Waals surface area contributed by atoms with Crippen molar-refractivity contribution in [1.29, 1.82) is 0 Å². The second-order valence-corrected chi connectivity index (χ2v) is 13.3. The van der Waals surface area contributed by atoms with Crippen LogP contribution in [0.3, 0.4) is 0 Å². The average Bonchev–Trinajstić information content (AvgIpc) is 3.77. The van der Waals surface area contributed by atoms with E-state index in [2.05, 4.69) is 97.9 Å². The summed E-state index contributed by atoms with van der Waals surface area (Å²) < 4.78 is 30.5. The van der Waals surface area contributed by atoms with Gasteiger partial charge in [0.25, 0.3) is 0 Å². The molecular weight excluding hydrogens is 817 g/mol. The first-order valence-electron chi connectivity index (χ1n) is 18.8. The molecular formula is C46H38IrN4O-2. The van der Waals surface area contributed by atoms with Gasteiger partial charge in [-0.25, -0.2) is 0 Å². The quantitative estimate of drug-likeness (QED) is 0.162. The molecule has 4 heterocycles. The molecule has 0 amide bonds. The summed E-state index contributed by atoms with van der Waals surface area (Å²) in [6.45, 7) is 6.91. The molecule has 0 saturated heterocycles. The third-order valence-electron chi connectivity index (χ3n) is 9.27. The Morgan fingerprint density at radius 1 is 0.692 bits per heavy atom. The fourth-order valence-electron chi connectivity index (χ4n) is 6.79. The van der Waals surface area contributed by atoms with Crippen LogP contribution in [-0.2, 0) is 20.1 Å². The van der Waals surface area contributed by atoms with Crippen molar-refractivity contribution < 1.29 is 28.6 Å². The van der Waals surface area contributed by atoms with Crippen LogP contribution in [0.2, 0.25) is 0 Å². The second kappa shape index (κ2) is 14.7. The maximum Gasteiger partial charge on any atom is 0.120 e. The van der Waals surface area contributed by atoms with Gasteiger partial charge in [0.2, 0.25) is 0 Å². The molecule has 5 aromatic carbocycles. The van der Waals surface area contributed by atoms with Crippen molar-refractivity contribution in [2.75, 3.05) is 0 Å². The molecule has 0 unspecified atom stereocenters. The van der Waals surface area contributed by atoms with Crippen molar-refractivity contribution in [3.05, 3.63) is 156 Å². The van der Waals surface area contributed by atoms with Crippen LogP contribution in [0.4, 0.5) is 0 Å². The minimum atomic E-state index is -2.09. The monoisotopic (exact) mass is 858 g/mol. The Labute approximate surface area is 322 Å². The van der Waals surface area contributed by atoms with Gasteiger partial charge in [-0.3, -0.25) is 9.97 Å². The van der Waals surface area contributed by atoms with E-state index >= 15 is 0 Å². The molecule has 0 aliphatic rings. The number of hydrogen-bond acceptors (Lipinski definition) is 4. The van der Waals surface area contributed by atoms with E-state index in [-0.39, 0.29) is 25.7 Å². The van der Waals surface area contributed by atoms with Gasteiger partial charge < -0.3 is 14.0 Å². The zero-order valence-electron chi connectivity index (χ0n) is 32.3. The van der Waals surface area contributed by atoms with Crippen molar-refractivity contribution in [2.45, 2.75) is 46.4 Å². The standard InChI is InChI=1S/C34H28N3O.C12H10N.Ir/c1-20(2)22-13-9-14-23(21(3)4)32(22)37-29-19-35-28-17-7-5-12-26(28)31(29)36-34(37)27-16-10-15-25-24-11-6-8-18-30(24)38-33(25)27;1-10-7-8-12(13-9-10)11-5-3-2-4-6-11;/h5-15,17-21H,1-4H3;2-5,7-9H,1H3;/q2*-1;/i;1D3;. The van der Waals surface area contributed by atoms with Crippen LogP contribution in [0.15, 0.2) is 132 Å². The van der Waals surface area contributed by atoms with Gasteiger partial charge in [-0.05, 0) is 53.2 Å². The Morgan fingerprint density at radius 3 is 2.15 bits per heavy atom. The fraction of sp³-hybridized carbons (Fsp3) is 0.152. The van der Waals surface area contributed by atoms with Crippen LogP contribution >= 0.6 is 0 Å². The number of hydrogen-bond donors (Lipinski definition) is 0. The minimum absolute atomic E-state index is 0. The number of aromatic nitrogens is 4.